The summed E-state index contributed by atoms with van der Waals surface area (Å²) in [6, 6.07) is 5.84. The van der Waals surface area contributed by atoms with Crippen molar-refractivity contribution in [2.45, 2.75) is 11.8 Å². The number of sulfonamides is 1. The van der Waals surface area contributed by atoms with E-state index in [1.807, 2.05) is 0 Å². The van der Waals surface area contributed by atoms with Crippen molar-refractivity contribution in [1.82, 2.24) is 9.21 Å². The Kier molecular flexibility index (Phi) is 4.94. The molecule has 0 bridgehead atoms. The monoisotopic (exact) mass is 326 g/mol. The van der Waals surface area contributed by atoms with E-state index in [0.717, 1.165) is 0 Å². The second kappa shape index (κ2) is 6.55. The van der Waals surface area contributed by atoms with E-state index in [0.29, 0.717) is 18.7 Å². The van der Waals surface area contributed by atoms with Gasteiger partial charge in [0, 0.05) is 31.7 Å². The number of carbonyl (C=O) groups excluding carboxylic acids is 1. The molecule has 1 aliphatic rings. The summed E-state index contributed by atoms with van der Waals surface area (Å²) in [4.78, 5) is 23.7. The molecule has 0 spiro atoms. The van der Waals surface area contributed by atoms with Crippen LogP contribution in [-0.2, 0) is 14.8 Å². The number of nitrogens with zero attached hydrogens (tertiary/aromatic N) is 2. The number of Topliss-reactive ketones (excluding diaryl/α,β-unsaturated/α-hetero) is 1. The Morgan fingerprint density at radius 1 is 1.09 bits per heavy atom. The van der Waals surface area contributed by atoms with E-state index in [9.17, 15) is 18.0 Å². The summed E-state index contributed by atoms with van der Waals surface area (Å²) in [5.41, 5.74) is 0.463. The van der Waals surface area contributed by atoms with Gasteiger partial charge in [-0.25, -0.2) is 8.42 Å². The minimum Gasteiger partial charge on any atom is -0.480 e. The van der Waals surface area contributed by atoms with Gasteiger partial charge in [-0.2, -0.15) is 4.31 Å². The predicted molar refractivity (Wildman–Crippen MR) is 79.3 cm³/mol. The molecule has 1 heterocycles. The van der Waals surface area contributed by atoms with Gasteiger partial charge in [-0.3, -0.25) is 14.5 Å². The first-order valence-corrected chi connectivity index (χ1v) is 8.30. The van der Waals surface area contributed by atoms with Crippen LogP contribution in [0.1, 0.15) is 17.3 Å². The van der Waals surface area contributed by atoms with Crippen LogP contribution in [0.3, 0.4) is 0 Å². The predicted octanol–water partition coefficient (Wildman–Crippen LogP) is 0.280. The first-order chi connectivity index (χ1) is 10.3. The van der Waals surface area contributed by atoms with E-state index in [4.69, 9.17) is 5.11 Å². The molecular weight excluding hydrogens is 308 g/mol. The lowest BCUT2D eigenvalue weighted by molar-refractivity contribution is -0.138. The first kappa shape index (κ1) is 16.6. The molecule has 0 radical (unpaired) electrons. The molecule has 0 aliphatic carbocycles. The summed E-state index contributed by atoms with van der Waals surface area (Å²) >= 11 is 0. The van der Waals surface area contributed by atoms with Crippen LogP contribution >= 0.6 is 0 Å². The number of aliphatic carboxylic acids is 1. The molecule has 120 valence electrons. The van der Waals surface area contributed by atoms with Gasteiger partial charge in [-0.05, 0) is 19.1 Å². The summed E-state index contributed by atoms with van der Waals surface area (Å²) < 4.78 is 26.3. The molecule has 8 heteroatoms. The van der Waals surface area contributed by atoms with E-state index in [-0.39, 0.29) is 30.3 Å². The number of carboxylic acid groups (broad SMARTS) is 1. The number of piperazine rings is 1. The van der Waals surface area contributed by atoms with Crippen LogP contribution < -0.4 is 0 Å². The van der Waals surface area contributed by atoms with Crippen LogP contribution in [0.5, 0.6) is 0 Å². The van der Waals surface area contributed by atoms with Crippen LogP contribution in [0.2, 0.25) is 0 Å². The highest BCUT2D eigenvalue weighted by Gasteiger charge is 2.28. The molecule has 0 amide bonds. The Balaban J connectivity index is 2.08. The van der Waals surface area contributed by atoms with Crippen molar-refractivity contribution < 1.29 is 23.1 Å². The summed E-state index contributed by atoms with van der Waals surface area (Å²) in [5.74, 6) is -1.04. The highest BCUT2D eigenvalue weighted by molar-refractivity contribution is 7.89. The molecule has 0 unspecified atom stereocenters. The average molecular weight is 326 g/mol. The van der Waals surface area contributed by atoms with Gasteiger partial charge in [0.1, 0.15) is 0 Å². The molecule has 7 nitrogen and oxygen atoms in total. The molecule has 1 aromatic carbocycles. The maximum absolute atomic E-state index is 12.5. The van der Waals surface area contributed by atoms with Gasteiger partial charge in [0.2, 0.25) is 10.0 Å². The number of benzene rings is 1. The number of carbonyl (C=O) groups is 2. The Morgan fingerprint density at radius 2 is 1.64 bits per heavy atom. The smallest absolute Gasteiger partial charge is 0.317 e. The fourth-order valence-electron chi connectivity index (χ4n) is 2.33. The lowest BCUT2D eigenvalue weighted by Crippen LogP contribution is -2.49. The lowest BCUT2D eigenvalue weighted by atomic mass is 10.2. The third-order valence-corrected chi connectivity index (χ3v) is 5.50. The zero-order valence-electron chi connectivity index (χ0n) is 12.2. The van der Waals surface area contributed by atoms with Crippen LogP contribution in [0.4, 0.5) is 0 Å². The quantitative estimate of drug-likeness (QED) is 0.781. The third-order valence-electron chi connectivity index (χ3n) is 3.59. The number of rotatable bonds is 5. The van der Waals surface area contributed by atoms with Crippen molar-refractivity contribution in [3.63, 3.8) is 0 Å². The molecule has 1 N–H and O–H groups in total. The van der Waals surface area contributed by atoms with Gasteiger partial charge in [0.15, 0.2) is 5.78 Å². The Hall–Kier alpha value is -1.77. The Labute approximate surface area is 129 Å². The standard InChI is InChI=1S/C14H18N2O5S/c1-11(17)12-2-4-13(5-3-12)22(20,21)16-8-6-15(7-9-16)10-14(18)19/h2-5H,6-10H2,1H3,(H,18,19). The number of hydrogen-bond acceptors (Lipinski definition) is 5. The van der Waals surface area contributed by atoms with Gasteiger partial charge in [-0.15, -0.1) is 0 Å². The van der Waals surface area contributed by atoms with Crippen molar-refractivity contribution in [2.75, 3.05) is 32.7 Å². The zero-order chi connectivity index (χ0) is 16.3. The molecule has 2 rings (SSSR count). The molecule has 1 aromatic rings. The van der Waals surface area contributed by atoms with Crippen molar-refractivity contribution in [1.29, 1.82) is 0 Å². The van der Waals surface area contributed by atoms with E-state index < -0.39 is 16.0 Å². The van der Waals surface area contributed by atoms with Gasteiger partial charge >= 0.3 is 5.97 Å². The van der Waals surface area contributed by atoms with Gasteiger partial charge < -0.3 is 5.11 Å². The fraction of sp³-hybridized carbons (Fsp3) is 0.429. The number of carboxylic acids is 1. The van der Waals surface area contributed by atoms with Gasteiger partial charge in [0.05, 0.1) is 11.4 Å². The van der Waals surface area contributed by atoms with Gasteiger partial charge in [-0.1, -0.05) is 12.1 Å². The Bertz CT molecular complexity index is 661. The molecule has 0 saturated carbocycles. The normalized spacial score (nSPS) is 17.3. The SMILES string of the molecule is CC(=O)c1ccc(S(=O)(=O)N2CCN(CC(=O)O)CC2)cc1. The minimum absolute atomic E-state index is 0.0821. The molecular formula is C14H18N2O5S. The lowest BCUT2D eigenvalue weighted by Gasteiger charge is -2.33. The zero-order valence-corrected chi connectivity index (χ0v) is 13.0. The number of hydrogen-bond donors (Lipinski definition) is 1. The Morgan fingerprint density at radius 3 is 2.09 bits per heavy atom. The molecule has 1 aliphatic heterocycles. The molecule has 0 atom stereocenters. The van der Waals surface area contributed by atoms with Crippen LogP contribution in [0, 0.1) is 0 Å². The summed E-state index contributed by atoms with van der Waals surface area (Å²) in [5, 5.41) is 8.74. The molecule has 1 fully saturated rings. The van der Waals surface area contributed by atoms with Crippen molar-refractivity contribution in [2.24, 2.45) is 0 Å². The molecule has 22 heavy (non-hydrogen) atoms. The highest BCUT2D eigenvalue weighted by atomic mass is 32.2. The third kappa shape index (κ3) is 3.70. The summed E-state index contributed by atoms with van der Waals surface area (Å²) in [6.07, 6.45) is 0. The average Bonchev–Trinajstić information content (AvgIpc) is 2.47. The summed E-state index contributed by atoms with van der Waals surface area (Å²) in [6.45, 7) is 2.62. The van der Waals surface area contributed by atoms with E-state index in [1.54, 1.807) is 4.90 Å². The van der Waals surface area contributed by atoms with Crippen LogP contribution in [0.15, 0.2) is 29.2 Å². The minimum atomic E-state index is -3.61. The van der Waals surface area contributed by atoms with E-state index >= 15 is 0 Å². The van der Waals surface area contributed by atoms with Crippen LogP contribution in [-0.4, -0.2) is 67.2 Å². The van der Waals surface area contributed by atoms with E-state index in [1.165, 1.54) is 35.5 Å². The maximum atomic E-state index is 12.5. The van der Waals surface area contributed by atoms with Crippen molar-refractivity contribution in [3.8, 4) is 0 Å². The maximum Gasteiger partial charge on any atom is 0.317 e. The molecule has 0 aromatic heterocycles. The van der Waals surface area contributed by atoms with Crippen molar-refractivity contribution in [3.05, 3.63) is 29.8 Å². The van der Waals surface area contributed by atoms with E-state index in [2.05, 4.69) is 0 Å². The number of ketones is 1. The van der Waals surface area contributed by atoms with Gasteiger partial charge in [0.25, 0.3) is 0 Å². The second-order valence-electron chi connectivity index (χ2n) is 5.15. The first-order valence-electron chi connectivity index (χ1n) is 6.86. The second-order valence-corrected chi connectivity index (χ2v) is 7.09. The topological polar surface area (TPSA) is 95.0 Å². The summed E-state index contributed by atoms with van der Waals surface area (Å²) in [7, 11) is -3.61. The largest absolute Gasteiger partial charge is 0.480 e. The molecule has 1 saturated heterocycles. The highest BCUT2D eigenvalue weighted by Crippen LogP contribution is 2.18. The van der Waals surface area contributed by atoms with Crippen LogP contribution in [0.25, 0.3) is 0 Å². The van der Waals surface area contributed by atoms with Crippen molar-refractivity contribution >= 4 is 21.8 Å². The fourth-order valence-corrected chi connectivity index (χ4v) is 3.75.